The van der Waals surface area contributed by atoms with E-state index in [2.05, 4.69) is 11.4 Å². The molecule has 0 aromatic heterocycles. The number of ether oxygens (including phenoxy) is 2. The maximum absolute atomic E-state index is 5.45. The Morgan fingerprint density at radius 1 is 1.19 bits per heavy atom. The third-order valence-corrected chi connectivity index (χ3v) is 2.73. The third kappa shape index (κ3) is 2.89. The van der Waals surface area contributed by atoms with Gasteiger partial charge in [-0.3, -0.25) is 0 Å². The molecule has 0 unspecified atom stereocenters. The first-order chi connectivity index (χ1) is 7.74. The van der Waals surface area contributed by atoms with Crippen LogP contribution in [0.2, 0.25) is 0 Å². The van der Waals surface area contributed by atoms with Crippen LogP contribution in [0.4, 0.5) is 0 Å². The smallest absolute Gasteiger partial charge is 0.128 e. The molecule has 0 aliphatic rings. The molecule has 3 heteroatoms. The second-order valence-corrected chi connectivity index (χ2v) is 3.79. The van der Waals surface area contributed by atoms with E-state index in [1.54, 1.807) is 14.2 Å². The van der Waals surface area contributed by atoms with E-state index in [1.807, 2.05) is 20.0 Å². The van der Waals surface area contributed by atoms with Crippen molar-refractivity contribution >= 4 is 0 Å². The molecular weight excluding hydrogens is 202 g/mol. The Labute approximate surface area is 97.8 Å². The topological polar surface area (TPSA) is 30.5 Å². The Kier molecular flexibility index (Phi) is 5.12. The van der Waals surface area contributed by atoms with Gasteiger partial charge in [0.25, 0.3) is 0 Å². The van der Waals surface area contributed by atoms with Crippen LogP contribution in [0.15, 0.2) is 12.1 Å². The number of methoxy groups -OCH3 is 2. The lowest BCUT2D eigenvalue weighted by molar-refractivity contribution is 0.385. The van der Waals surface area contributed by atoms with Gasteiger partial charge in [-0.2, -0.15) is 0 Å². The summed E-state index contributed by atoms with van der Waals surface area (Å²) in [7, 11) is 5.36. The van der Waals surface area contributed by atoms with Crippen molar-refractivity contribution in [1.82, 2.24) is 5.32 Å². The number of hydrogen-bond donors (Lipinski definition) is 1. The van der Waals surface area contributed by atoms with Crippen LogP contribution in [-0.2, 0) is 6.42 Å². The van der Waals surface area contributed by atoms with Gasteiger partial charge in [-0.15, -0.1) is 0 Å². The summed E-state index contributed by atoms with van der Waals surface area (Å²) in [5.74, 6) is 1.84. The summed E-state index contributed by atoms with van der Waals surface area (Å²) >= 11 is 0. The molecule has 0 saturated carbocycles. The van der Waals surface area contributed by atoms with Gasteiger partial charge in [0, 0.05) is 5.56 Å². The summed E-state index contributed by atoms with van der Waals surface area (Å²) in [5, 5.41) is 3.15. The number of aryl methyl sites for hydroxylation is 1. The molecular formula is C13H21NO2. The summed E-state index contributed by atoms with van der Waals surface area (Å²) in [6, 6.07) is 4.09. The first-order valence-corrected chi connectivity index (χ1v) is 5.59. The van der Waals surface area contributed by atoms with Crippen LogP contribution in [0.25, 0.3) is 0 Å². The maximum atomic E-state index is 5.45. The minimum atomic E-state index is 0.884. The van der Waals surface area contributed by atoms with Crippen LogP contribution < -0.4 is 14.8 Å². The van der Waals surface area contributed by atoms with Gasteiger partial charge in [0.05, 0.1) is 14.2 Å². The molecule has 0 atom stereocenters. The molecule has 16 heavy (non-hydrogen) atoms. The highest BCUT2D eigenvalue weighted by Crippen LogP contribution is 2.31. The molecule has 0 radical (unpaired) electrons. The van der Waals surface area contributed by atoms with Crippen molar-refractivity contribution in [3.63, 3.8) is 0 Å². The molecule has 0 spiro atoms. The fourth-order valence-corrected chi connectivity index (χ4v) is 1.89. The Hall–Kier alpha value is -1.22. The van der Waals surface area contributed by atoms with Gasteiger partial charge in [0.2, 0.25) is 0 Å². The van der Waals surface area contributed by atoms with Crippen molar-refractivity contribution in [2.45, 2.75) is 19.8 Å². The molecule has 0 aliphatic heterocycles. The zero-order valence-electron chi connectivity index (χ0n) is 10.6. The molecule has 1 aromatic carbocycles. The van der Waals surface area contributed by atoms with Gasteiger partial charge in [-0.1, -0.05) is 6.07 Å². The number of rotatable bonds is 6. The minimum Gasteiger partial charge on any atom is -0.496 e. The molecule has 0 heterocycles. The lowest BCUT2D eigenvalue weighted by Crippen LogP contribution is -2.09. The molecule has 3 nitrogen and oxygen atoms in total. The highest BCUT2D eigenvalue weighted by molar-refractivity contribution is 5.49. The molecule has 0 bridgehead atoms. The second-order valence-electron chi connectivity index (χ2n) is 3.79. The van der Waals surface area contributed by atoms with Crippen molar-refractivity contribution in [1.29, 1.82) is 0 Å². The number of nitrogens with one attached hydrogen (secondary N) is 1. The zero-order valence-corrected chi connectivity index (χ0v) is 10.6. The largest absolute Gasteiger partial charge is 0.496 e. The predicted molar refractivity (Wildman–Crippen MR) is 66.5 cm³/mol. The van der Waals surface area contributed by atoms with E-state index in [9.17, 15) is 0 Å². The minimum absolute atomic E-state index is 0.884. The van der Waals surface area contributed by atoms with Crippen molar-refractivity contribution in [3.8, 4) is 11.5 Å². The highest BCUT2D eigenvalue weighted by Gasteiger charge is 2.10. The average molecular weight is 223 g/mol. The van der Waals surface area contributed by atoms with Crippen LogP contribution in [0.1, 0.15) is 17.5 Å². The van der Waals surface area contributed by atoms with Gasteiger partial charge in [-0.05, 0) is 45.0 Å². The van der Waals surface area contributed by atoms with Gasteiger partial charge in [0.1, 0.15) is 11.5 Å². The lowest BCUT2D eigenvalue weighted by atomic mass is 10.0. The van der Waals surface area contributed by atoms with E-state index < -0.39 is 0 Å². The fourth-order valence-electron chi connectivity index (χ4n) is 1.89. The van der Waals surface area contributed by atoms with Crippen molar-refractivity contribution in [2.24, 2.45) is 0 Å². The van der Waals surface area contributed by atoms with Crippen molar-refractivity contribution in [2.75, 3.05) is 27.8 Å². The maximum Gasteiger partial charge on any atom is 0.128 e. The second kappa shape index (κ2) is 6.38. The highest BCUT2D eigenvalue weighted by atomic mass is 16.5. The van der Waals surface area contributed by atoms with Gasteiger partial charge in [0.15, 0.2) is 0 Å². The van der Waals surface area contributed by atoms with Crippen LogP contribution in [0.3, 0.4) is 0 Å². The molecule has 1 rings (SSSR count). The molecule has 0 amide bonds. The lowest BCUT2D eigenvalue weighted by Gasteiger charge is -2.14. The monoisotopic (exact) mass is 223 g/mol. The Morgan fingerprint density at radius 3 is 2.50 bits per heavy atom. The Bertz CT molecular complexity index is 337. The van der Waals surface area contributed by atoms with Crippen LogP contribution >= 0.6 is 0 Å². The first kappa shape index (κ1) is 12.8. The van der Waals surface area contributed by atoms with Crippen molar-refractivity contribution < 1.29 is 9.47 Å². The summed E-state index contributed by atoms with van der Waals surface area (Å²) in [4.78, 5) is 0. The zero-order chi connectivity index (χ0) is 12.0. The first-order valence-electron chi connectivity index (χ1n) is 5.59. The quantitative estimate of drug-likeness (QED) is 0.750. The Morgan fingerprint density at radius 2 is 1.94 bits per heavy atom. The standard InChI is InChI=1S/C13H21NO2/c1-10-12(15-3)8-7-11(13(10)16-4)6-5-9-14-2/h7-8,14H,5-6,9H2,1-4H3. The average Bonchev–Trinajstić information content (AvgIpc) is 2.30. The van der Waals surface area contributed by atoms with E-state index in [0.29, 0.717) is 0 Å². The summed E-state index contributed by atoms with van der Waals surface area (Å²) in [5.41, 5.74) is 2.32. The molecule has 1 aromatic rings. The van der Waals surface area contributed by atoms with E-state index in [0.717, 1.165) is 36.4 Å². The SMILES string of the molecule is CNCCCc1ccc(OC)c(C)c1OC. The van der Waals surface area contributed by atoms with Gasteiger partial charge < -0.3 is 14.8 Å². The summed E-state index contributed by atoms with van der Waals surface area (Å²) < 4.78 is 10.7. The molecule has 0 saturated heterocycles. The van der Waals surface area contributed by atoms with Crippen molar-refractivity contribution in [3.05, 3.63) is 23.3 Å². The van der Waals surface area contributed by atoms with Gasteiger partial charge >= 0.3 is 0 Å². The molecule has 0 aliphatic carbocycles. The van der Waals surface area contributed by atoms with Crippen LogP contribution in [0.5, 0.6) is 11.5 Å². The van der Waals surface area contributed by atoms with E-state index in [-0.39, 0.29) is 0 Å². The van der Waals surface area contributed by atoms with Crippen LogP contribution in [0, 0.1) is 6.92 Å². The summed E-state index contributed by atoms with van der Waals surface area (Å²) in [6.07, 6.45) is 2.13. The van der Waals surface area contributed by atoms with E-state index in [4.69, 9.17) is 9.47 Å². The summed E-state index contributed by atoms with van der Waals surface area (Å²) in [6.45, 7) is 3.05. The normalized spacial score (nSPS) is 10.2. The third-order valence-electron chi connectivity index (χ3n) is 2.73. The fraction of sp³-hybridized carbons (Fsp3) is 0.538. The number of benzene rings is 1. The number of hydrogen-bond acceptors (Lipinski definition) is 3. The van der Waals surface area contributed by atoms with Gasteiger partial charge in [-0.25, -0.2) is 0 Å². The van der Waals surface area contributed by atoms with Crippen LogP contribution in [-0.4, -0.2) is 27.8 Å². The van der Waals surface area contributed by atoms with E-state index >= 15 is 0 Å². The Balaban J connectivity index is 2.88. The molecule has 1 N–H and O–H groups in total. The van der Waals surface area contributed by atoms with E-state index in [1.165, 1.54) is 5.56 Å². The molecule has 90 valence electrons. The predicted octanol–water partition coefficient (Wildman–Crippen LogP) is 2.16. The molecule has 0 fully saturated rings.